The Morgan fingerprint density at radius 2 is 0.794 bits per heavy atom. The van der Waals surface area contributed by atoms with Gasteiger partial charge >= 0.3 is 0 Å². The lowest BCUT2D eigenvalue weighted by atomic mass is 9.97. The monoisotopic (exact) mass is 459 g/mol. The van der Waals surface area contributed by atoms with Crippen LogP contribution < -0.4 is 0 Å². The van der Waals surface area contributed by atoms with E-state index in [-0.39, 0.29) is 0 Å². The van der Waals surface area contributed by atoms with E-state index in [4.69, 9.17) is 4.98 Å². The molecule has 34 heavy (non-hydrogen) atoms. The molecule has 0 N–H and O–H groups in total. The molecule has 0 spiro atoms. The van der Waals surface area contributed by atoms with Crippen LogP contribution in [0.15, 0.2) is 48.5 Å². The maximum Gasteiger partial charge on any atom is 0.0712 e. The number of aryl methyl sites for hydroxylation is 1. The molecule has 0 unspecified atom stereocenters. The fourth-order valence-corrected chi connectivity index (χ4v) is 5.40. The first-order valence-electron chi connectivity index (χ1n) is 14.7. The Bertz CT molecular complexity index is 874. The van der Waals surface area contributed by atoms with Gasteiger partial charge in [0.25, 0.3) is 0 Å². The van der Waals surface area contributed by atoms with Gasteiger partial charge in [-0.05, 0) is 30.5 Å². The number of pyridine rings is 1. The molecule has 0 atom stereocenters. The van der Waals surface area contributed by atoms with Gasteiger partial charge in [-0.1, -0.05) is 152 Å². The molecule has 3 rings (SSSR count). The first kappa shape index (κ1) is 26.7. The van der Waals surface area contributed by atoms with Crippen molar-refractivity contribution >= 4 is 21.8 Å². The molecule has 1 nitrogen and oxygen atoms in total. The van der Waals surface area contributed by atoms with Crippen molar-refractivity contribution in [2.75, 3.05) is 0 Å². The average Bonchev–Trinajstić information content (AvgIpc) is 2.87. The molecule has 0 fully saturated rings. The minimum Gasteiger partial charge on any atom is -0.248 e. The second kappa shape index (κ2) is 16.7. The Hall–Kier alpha value is -1.89. The number of aromatic nitrogens is 1. The zero-order valence-corrected chi connectivity index (χ0v) is 22.0. The predicted molar refractivity (Wildman–Crippen MR) is 152 cm³/mol. The van der Waals surface area contributed by atoms with Crippen LogP contribution in [0.5, 0.6) is 0 Å². The molecule has 0 radical (unpaired) electrons. The molecule has 186 valence electrons. The molecule has 0 aliphatic carbocycles. The Labute approximate surface area is 209 Å². The number of hydrogen-bond acceptors (Lipinski definition) is 1. The zero-order valence-electron chi connectivity index (χ0n) is 22.0. The Balaban J connectivity index is 1.19. The van der Waals surface area contributed by atoms with E-state index in [0.29, 0.717) is 0 Å². The van der Waals surface area contributed by atoms with Crippen LogP contribution in [0.25, 0.3) is 21.8 Å². The van der Waals surface area contributed by atoms with Gasteiger partial charge in [0.2, 0.25) is 0 Å². The summed E-state index contributed by atoms with van der Waals surface area (Å²) >= 11 is 0. The first-order valence-corrected chi connectivity index (χ1v) is 14.7. The predicted octanol–water partition coefficient (Wildman–Crippen LogP) is 11.0. The first-order chi connectivity index (χ1) is 16.9. The van der Waals surface area contributed by atoms with E-state index in [0.717, 1.165) is 11.0 Å². The number of unbranched alkanes of at least 4 members (excludes halogenated alkanes) is 17. The van der Waals surface area contributed by atoms with Gasteiger partial charge in [0.1, 0.15) is 0 Å². The average molecular weight is 460 g/mol. The second-order valence-corrected chi connectivity index (χ2v) is 10.4. The number of fused-ring (bicyclic) bond motifs is 2. The van der Waals surface area contributed by atoms with E-state index >= 15 is 0 Å². The van der Waals surface area contributed by atoms with Crippen LogP contribution >= 0.6 is 0 Å². The topological polar surface area (TPSA) is 12.9 Å². The van der Waals surface area contributed by atoms with E-state index in [1.165, 1.54) is 138 Å². The van der Waals surface area contributed by atoms with Crippen LogP contribution in [0.2, 0.25) is 0 Å². The normalized spacial score (nSPS) is 11.6. The summed E-state index contributed by atoms with van der Waals surface area (Å²) in [6, 6.07) is 17.3. The molecule has 1 aromatic heterocycles. The highest BCUT2D eigenvalue weighted by atomic mass is 14.7. The summed E-state index contributed by atoms with van der Waals surface area (Å²) in [4.78, 5) is 4.87. The third-order valence-corrected chi connectivity index (χ3v) is 7.48. The number of para-hydroxylation sites is 2. The van der Waals surface area contributed by atoms with E-state index in [1.54, 1.807) is 0 Å². The molecule has 1 heterocycles. The number of rotatable bonds is 19. The quantitative estimate of drug-likeness (QED) is 0.128. The lowest BCUT2D eigenvalue weighted by Gasteiger charge is -2.11. The molecule has 3 aromatic rings. The molecule has 2 aromatic carbocycles. The number of nitrogens with zero attached hydrogens (tertiary/aromatic N) is 1. The van der Waals surface area contributed by atoms with Gasteiger partial charge in [-0.3, -0.25) is 0 Å². The highest BCUT2D eigenvalue weighted by molar-refractivity contribution is 5.97. The number of hydrogen-bond donors (Lipinski definition) is 0. The van der Waals surface area contributed by atoms with Crippen molar-refractivity contribution in [2.45, 2.75) is 129 Å². The van der Waals surface area contributed by atoms with Gasteiger partial charge in [0.05, 0.1) is 11.0 Å². The minimum atomic E-state index is 1.14. The van der Waals surface area contributed by atoms with Gasteiger partial charge < -0.3 is 0 Å². The molecule has 1 heteroatoms. The minimum absolute atomic E-state index is 1.14. The van der Waals surface area contributed by atoms with Gasteiger partial charge in [0.15, 0.2) is 0 Å². The van der Waals surface area contributed by atoms with Gasteiger partial charge in [-0.2, -0.15) is 0 Å². The molecular weight excluding hydrogens is 410 g/mol. The lowest BCUT2D eigenvalue weighted by molar-refractivity contribution is 0.525. The molecular formula is C33H49N. The van der Waals surface area contributed by atoms with E-state index < -0.39 is 0 Å². The van der Waals surface area contributed by atoms with Crippen LogP contribution in [0.1, 0.15) is 128 Å². The summed E-state index contributed by atoms with van der Waals surface area (Å²) in [6.45, 7) is 2.30. The summed E-state index contributed by atoms with van der Waals surface area (Å²) in [5, 5.41) is 2.68. The SMILES string of the molecule is CCCCCCCCCCCCCCCCCCCCc1c2ccccc2nc2ccccc12. The maximum absolute atomic E-state index is 4.87. The van der Waals surface area contributed by atoms with Crippen LogP contribution in [-0.2, 0) is 6.42 Å². The fraction of sp³-hybridized carbons (Fsp3) is 0.606. The molecule has 0 aliphatic rings. The number of benzene rings is 2. The van der Waals surface area contributed by atoms with Crippen molar-refractivity contribution in [3.63, 3.8) is 0 Å². The standard InChI is InChI=1S/C33H49N/c1-2-3-4-5-6-7-8-9-10-11-12-13-14-15-16-17-18-19-24-29-30-25-20-22-27-32(30)34-33-28-23-21-26-31(29)33/h20-23,25-28H,2-19,24H2,1H3. The maximum atomic E-state index is 4.87. The van der Waals surface area contributed by atoms with Crippen molar-refractivity contribution in [2.24, 2.45) is 0 Å². The van der Waals surface area contributed by atoms with Gasteiger partial charge in [-0.15, -0.1) is 0 Å². The van der Waals surface area contributed by atoms with Crippen LogP contribution in [0.3, 0.4) is 0 Å². The summed E-state index contributed by atoms with van der Waals surface area (Å²) in [7, 11) is 0. The summed E-state index contributed by atoms with van der Waals surface area (Å²) in [5.41, 5.74) is 3.77. The molecule has 0 saturated heterocycles. The van der Waals surface area contributed by atoms with E-state index in [2.05, 4.69) is 55.5 Å². The summed E-state index contributed by atoms with van der Waals surface area (Å²) in [5.74, 6) is 0. The van der Waals surface area contributed by atoms with Crippen molar-refractivity contribution in [1.82, 2.24) is 4.98 Å². The van der Waals surface area contributed by atoms with Crippen LogP contribution in [-0.4, -0.2) is 4.98 Å². The van der Waals surface area contributed by atoms with Crippen molar-refractivity contribution in [3.8, 4) is 0 Å². The Morgan fingerprint density at radius 1 is 0.441 bits per heavy atom. The molecule has 0 aliphatic heterocycles. The summed E-state index contributed by atoms with van der Waals surface area (Å²) < 4.78 is 0. The molecule has 0 bridgehead atoms. The smallest absolute Gasteiger partial charge is 0.0712 e. The Morgan fingerprint density at radius 3 is 1.21 bits per heavy atom. The largest absolute Gasteiger partial charge is 0.248 e. The van der Waals surface area contributed by atoms with Crippen molar-refractivity contribution < 1.29 is 0 Å². The zero-order chi connectivity index (χ0) is 23.7. The van der Waals surface area contributed by atoms with Crippen molar-refractivity contribution in [1.29, 1.82) is 0 Å². The fourth-order valence-electron chi connectivity index (χ4n) is 5.40. The third kappa shape index (κ3) is 9.40. The van der Waals surface area contributed by atoms with Gasteiger partial charge in [0, 0.05) is 10.8 Å². The highest BCUT2D eigenvalue weighted by Gasteiger charge is 2.08. The third-order valence-electron chi connectivity index (χ3n) is 7.48. The summed E-state index contributed by atoms with van der Waals surface area (Å²) in [6.07, 6.45) is 26.9. The lowest BCUT2D eigenvalue weighted by Crippen LogP contribution is -1.93. The molecule has 0 amide bonds. The van der Waals surface area contributed by atoms with Crippen LogP contribution in [0.4, 0.5) is 0 Å². The van der Waals surface area contributed by atoms with E-state index in [9.17, 15) is 0 Å². The Kier molecular flexibility index (Phi) is 13.1. The van der Waals surface area contributed by atoms with Crippen LogP contribution in [0, 0.1) is 0 Å². The highest BCUT2D eigenvalue weighted by Crippen LogP contribution is 2.27. The van der Waals surface area contributed by atoms with Crippen molar-refractivity contribution in [3.05, 3.63) is 54.1 Å². The second-order valence-electron chi connectivity index (χ2n) is 10.4. The van der Waals surface area contributed by atoms with E-state index in [1.807, 2.05) is 0 Å². The molecule has 0 saturated carbocycles. The van der Waals surface area contributed by atoms with Gasteiger partial charge in [-0.25, -0.2) is 4.98 Å².